The molecule has 0 saturated carbocycles. The van der Waals surface area contributed by atoms with E-state index in [9.17, 15) is 4.79 Å². The Balaban J connectivity index is 2.06. The van der Waals surface area contributed by atoms with Crippen LogP contribution in [0.5, 0.6) is 0 Å². The van der Waals surface area contributed by atoms with Crippen molar-refractivity contribution in [1.29, 1.82) is 0 Å². The normalized spacial score (nSPS) is 9.94. The van der Waals surface area contributed by atoms with Crippen molar-refractivity contribution in [2.45, 2.75) is 6.92 Å². The minimum atomic E-state index is -0.364. The molecule has 0 fully saturated rings. The summed E-state index contributed by atoms with van der Waals surface area (Å²) >= 11 is 1.21. The number of hydrogen-bond donors (Lipinski definition) is 1. The molecule has 0 aliphatic heterocycles. The molecular weight excluding hydrogens is 240 g/mol. The molecule has 6 nitrogen and oxygen atoms in total. The van der Waals surface area contributed by atoms with Crippen molar-refractivity contribution in [2.75, 3.05) is 11.9 Å². The van der Waals surface area contributed by atoms with E-state index < -0.39 is 0 Å². The highest BCUT2D eigenvalue weighted by atomic mass is 32.1. The Morgan fingerprint density at radius 2 is 2.29 bits per heavy atom. The summed E-state index contributed by atoms with van der Waals surface area (Å²) in [6.07, 6.45) is 6.20. The van der Waals surface area contributed by atoms with Crippen molar-refractivity contribution >= 4 is 28.3 Å². The fourth-order valence-corrected chi connectivity index (χ4v) is 1.82. The van der Waals surface area contributed by atoms with Gasteiger partial charge in [-0.05, 0) is 6.92 Å². The van der Waals surface area contributed by atoms with Crippen molar-refractivity contribution in [3.63, 3.8) is 0 Å². The largest absolute Gasteiger partial charge is 0.462 e. The first-order valence-electron chi connectivity index (χ1n) is 4.95. The van der Waals surface area contributed by atoms with Gasteiger partial charge < -0.3 is 10.1 Å². The number of carbonyl (C=O) groups excluding carboxylic acids is 1. The van der Waals surface area contributed by atoms with E-state index in [0.717, 1.165) is 0 Å². The van der Waals surface area contributed by atoms with Gasteiger partial charge >= 0.3 is 5.97 Å². The lowest BCUT2D eigenvalue weighted by Crippen LogP contribution is -2.01. The third kappa shape index (κ3) is 2.97. The van der Waals surface area contributed by atoms with Crippen LogP contribution in [-0.4, -0.2) is 27.5 Å². The fourth-order valence-electron chi connectivity index (χ4n) is 1.10. The second kappa shape index (κ2) is 5.35. The third-order valence-electron chi connectivity index (χ3n) is 1.78. The van der Waals surface area contributed by atoms with Crippen LogP contribution in [0, 0.1) is 0 Å². The highest BCUT2D eigenvalue weighted by molar-refractivity contribution is 7.17. The number of ether oxygens (including phenoxy) is 1. The van der Waals surface area contributed by atoms with Gasteiger partial charge in [-0.2, -0.15) is 0 Å². The molecule has 7 heteroatoms. The number of hydrogen-bond acceptors (Lipinski definition) is 7. The number of nitrogens with zero attached hydrogens (tertiary/aromatic N) is 3. The first kappa shape index (κ1) is 11.5. The molecule has 2 aromatic heterocycles. The molecule has 0 unspecified atom stereocenters. The summed E-state index contributed by atoms with van der Waals surface area (Å²) in [7, 11) is 0. The Kier molecular flexibility index (Phi) is 3.61. The predicted octanol–water partition coefficient (Wildman–Crippen LogP) is 1.85. The summed E-state index contributed by atoms with van der Waals surface area (Å²) in [5, 5.41) is 3.52. The topological polar surface area (TPSA) is 77.0 Å². The zero-order valence-electron chi connectivity index (χ0n) is 9.08. The van der Waals surface area contributed by atoms with Crippen LogP contribution in [0.4, 0.5) is 10.9 Å². The minimum absolute atomic E-state index is 0.351. The molecular formula is C10H10N4O2S. The zero-order valence-corrected chi connectivity index (χ0v) is 9.90. The van der Waals surface area contributed by atoms with E-state index in [0.29, 0.717) is 22.4 Å². The Labute approximate surface area is 102 Å². The van der Waals surface area contributed by atoms with E-state index >= 15 is 0 Å². The van der Waals surface area contributed by atoms with E-state index in [4.69, 9.17) is 4.74 Å². The van der Waals surface area contributed by atoms with Crippen molar-refractivity contribution in [2.24, 2.45) is 0 Å². The second-order valence-electron chi connectivity index (χ2n) is 2.97. The zero-order chi connectivity index (χ0) is 12.1. The third-order valence-corrected chi connectivity index (χ3v) is 2.67. The van der Waals surface area contributed by atoms with Gasteiger partial charge in [0.1, 0.15) is 4.88 Å². The molecule has 0 saturated heterocycles. The number of esters is 1. The van der Waals surface area contributed by atoms with Crippen molar-refractivity contribution in [3.8, 4) is 0 Å². The van der Waals surface area contributed by atoms with Crippen LogP contribution >= 0.6 is 11.3 Å². The molecule has 2 rings (SSSR count). The average molecular weight is 250 g/mol. The standard InChI is InChI=1S/C10H10N4O2S/c1-2-16-9(15)7-5-13-10(17-7)14-8-6-11-3-4-12-8/h3-6H,2H2,1H3,(H,12,13,14). The molecule has 1 N–H and O–H groups in total. The van der Waals surface area contributed by atoms with Gasteiger partial charge in [0.15, 0.2) is 10.9 Å². The van der Waals surface area contributed by atoms with Crippen LogP contribution < -0.4 is 5.32 Å². The highest BCUT2D eigenvalue weighted by Gasteiger charge is 2.11. The van der Waals surface area contributed by atoms with Gasteiger partial charge in [-0.3, -0.25) is 4.98 Å². The number of carbonyl (C=O) groups is 1. The summed E-state index contributed by atoms with van der Waals surface area (Å²) in [5.74, 6) is 0.217. The maximum Gasteiger partial charge on any atom is 0.350 e. The molecule has 0 aliphatic rings. The molecule has 0 bridgehead atoms. The molecule has 88 valence electrons. The number of rotatable bonds is 4. The maximum absolute atomic E-state index is 11.4. The van der Waals surface area contributed by atoms with Gasteiger partial charge in [0.25, 0.3) is 0 Å². The lowest BCUT2D eigenvalue weighted by atomic mass is 10.6. The Bertz CT molecular complexity index is 500. The van der Waals surface area contributed by atoms with Crippen LogP contribution in [0.2, 0.25) is 0 Å². The first-order chi connectivity index (χ1) is 8.29. The Morgan fingerprint density at radius 3 is 3.00 bits per heavy atom. The number of nitrogens with one attached hydrogen (secondary N) is 1. The van der Waals surface area contributed by atoms with Gasteiger partial charge in [-0.25, -0.2) is 14.8 Å². The van der Waals surface area contributed by atoms with E-state index in [2.05, 4.69) is 20.3 Å². The van der Waals surface area contributed by atoms with E-state index in [1.807, 2.05) is 0 Å². The summed E-state index contributed by atoms with van der Waals surface area (Å²) in [4.78, 5) is 23.9. The van der Waals surface area contributed by atoms with Gasteiger partial charge in [0, 0.05) is 12.4 Å². The van der Waals surface area contributed by atoms with E-state index in [-0.39, 0.29) is 5.97 Å². The SMILES string of the molecule is CCOC(=O)c1cnc(Nc2cnccn2)s1. The fraction of sp³-hybridized carbons (Fsp3) is 0.200. The highest BCUT2D eigenvalue weighted by Crippen LogP contribution is 2.21. The molecule has 0 atom stereocenters. The predicted molar refractivity (Wildman–Crippen MR) is 63.4 cm³/mol. The Morgan fingerprint density at radius 1 is 1.41 bits per heavy atom. The van der Waals surface area contributed by atoms with Crippen LogP contribution in [0.1, 0.15) is 16.6 Å². The van der Waals surface area contributed by atoms with Crippen molar-refractivity contribution in [3.05, 3.63) is 29.7 Å². The lowest BCUT2D eigenvalue weighted by Gasteiger charge is -1.98. The Hall–Kier alpha value is -2.02. The van der Waals surface area contributed by atoms with Crippen molar-refractivity contribution < 1.29 is 9.53 Å². The van der Waals surface area contributed by atoms with Crippen LogP contribution in [-0.2, 0) is 4.74 Å². The lowest BCUT2D eigenvalue weighted by molar-refractivity contribution is 0.0532. The molecule has 0 amide bonds. The van der Waals surface area contributed by atoms with Crippen LogP contribution in [0.25, 0.3) is 0 Å². The maximum atomic E-state index is 11.4. The quantitative estimate of drug-likeness (QED) is 0.834. The minimum Gasteiger partial charge on any atom is -0.462 e. The molecule has 0 spiro atoms. The first-order valence-corrected chi connectivity index (χ1v) is 5.77. The number of aromatic nitrogens is 3. The van der Waals surface area contributed by atoms with Crippen LogP contribution in [0.3, 0.4) is 0 Å². The number of thiazole rings is 1. The molecule has 0 radical (unpaired) electrons. The molecule has 2 heterocycles. The summed E-state index contributed by atoms with van der Waals surface area (Å²) in [6.45, 7) is 2.11. The van der Waals surface area contributed by atoms with E-state index in [1.165, 1.54) is 17.5 Å². The smallest absolute Gasteiger partial charge is 0.350 e. The van der Waals surface area contributed by atoms with Crippen molar-refractivity contribution in [1.82, 2.24) is 15.0 Å². The van der Waals surface area contributed by atoms with Gasteiger partial charge in [0.2, 0.25) is 0 Å². The van der Waals surface area contributed by atoms with E-state index in [1.54, 1.807) is 25.5 Å². The summed E-state index contributed by atoms with van der Waals surface area (Å²) in [6, 6.07) is 0. The monoisotopic (exact) mass is 250 g/mol. The summed E-state index contributed by atoms with van der Waals surface area (Å²) in [5.41, 5.74) is 0. The average Bonchev–Trinajstić information content (AvgIpc) is 2.79. The number of anilines is 2. The van der Waals surface area contributed by atoms with Crippen LogP contribution in [0.15, 0.2) is 24.8 Å². The van der Waals surface area contributed by atoms with Gasteiger partial charge in [-0.1, -0.05) is 11.3 Å². The summed E-state index contributed by atoms with van der Waals surface area (Å²) < 4.78 is 4.87. The molecule has 0 aliphatic carbocycles. The molecule has 2 aromatic rings. The molecule has 0 aromatic carbocycles. The molecule has 17 heavy (non-hydrogen) atoms. The van der Waals surface area contributed by atoms with Gasteiger partial charge in [0.05, 0.1) is 19.0 Å². The second-order valence-corrected chi connectivity index (χ2v) is 4.00. The van der Waals surface area contributed by atoms with Gasteiger partial charge in [-0.15, -0.1) is 0 Å².